The topological polar surface area (TPSA) is 78.4 Å². The molecule has 0 aliphatic rings. The predicted molar refractivity (Wildman–Crippen MR) is 114 cm³/mol. The van der Waals surface area contributed by atoms with Crippen LogP contribution in [0.4, 0.5) is 5.82 Å². The maximum absolute atomic E-state index is 12.1. The van der Waals surface area contributed by atoms with Crippen LogP contribution in [0.3, 0.4) is 0 Å². The zero-order chi connectivity index (χ0) is 19.7. The van der Waals surface area contributed by atoms with E-state index in [4.69, 9.17) is 4.99 Å². The van der Waals surface area contributed by atoms with Gasteiger partial charge in [0.2, 0.25) is 5.91 Å². The van der Waals surface area contributed by atoms with Crippen molar-refractivity contribution in [2.45, 2.75) is 39.5 Å². The van der Waals surface area contributed by atoms with Gasteiger partial charge in [0.25, 0.3) is 0 Å². The molecule has 2 aromatic rings. The van der Waals surface area contributed by atoms with E-state index in [1.54, 1.807) is 17.4 Å². The second kappa shape index (κ2) is 10.1. The minimum atomic E-state index is -0.0737. The average molecular weight is 388 g/mol. The zero-order valence-electron chi connectivity index (χ0n) is 16.5. The Morgan fingerprint density at radius 2 is 2.04 bits per heavy atom. The number of nitrogens with one attached hydrogen (secondary N) is 3. The number of guanidine groups is 1. The van der Waals surface area contributed by atoms with Gasteiger partial charge < -0.3 is 16.0 Å². The molecule has 6 nitrogen and oxygen atoms in total. The van der Waals surface area contributed by atoms with Gasteiger partial charge in [-0.2, -0.15) is 0 Å². The maximum atomic E-state index is 12.1. The van der Waals surface area contributed by atoms with Crippen LogP contribution in [0.2, 0.25) is 0 Å². The smallest absolute Gasteiger partial charge is 0.227 e. The van der Waals surface area contributed by atoms with Crippen LogP contribution >= 0.6 is 11.3 Å². The third kappa shape index (κ3) is 7.02. The highest BCUT2D eigenvalue weighted by Crippen LogP contribution is 2.27. The van der Waals surface area contributed by atoms with Gasteiger partial charge in [0, 0.05) is 35.5 Å². The predicted octanol–water partition coefficient (Wildman–Crippen LogP) is 3.31. The number of nitrogens with zero attached hydrogens (tertiary/aromatic N) is 2. The first-order valence-corrected chi connectivity index (χ1v) is 10.1. The van der Waals surface area contributed by atoms with E-state index in [2.05, 4.69) is 52.3 Å². The first kappa shape index (κ1) is 20.9. The Kier molecular flexibility index (Phi) is 7.79. The summed E-state index contributed by atoms with van der Waals surface area (Å²) in [5, 5.41) is 11.4. The van der Waals surface area contributed by atoms with E-state index in [1.165, 1.54) is 4.88 Å². The molecule has 0 aliphatic heterocycles. The number of carbonyl (C=O) groups is 1. The van der Waals surface area contributed by atoms with Gasteiger partial charge in [-0.3, -0.25) is 9.79 Å². The first-order chi connectivity index (χ1) is 12.9. The Morgan fingerprint density at radius 3 is 2.70 bits per heavy atom. The molecular weight excluding hydrogens is 358 g/mol. The van der Waals surface area contributed by atoms with Crippen LogP contribution in [0, 0.1) is 6.92 Å². The number of thiophene rings is 1. The lowest BCUT2D eigenvalue weighted by molar-refractivity contribution is -0.116. The largest absolute Gasteiger partial charge is 0.357 e. The molecule has 27 heavy (non-hydrogen) atoms. The molecule has 0 unspecified atom stereocenters. The van der Waals surface area contributed by atoms with Crippen LogP contribution in [0.5, 0.6) is 0 Å². The van der Waals surface area contributed by atoms with Crippen molar-refractivity contribution in [2.75, 3.05) is 25.0 Å². The fourth-order valence-corrected chi connectivity index (χ4v) is 3.32. The Bertz CT molecular complexity index is 755. The van der Waals surface area contributed by atoms with E-state index in [0.29, 0.717) is 25.3 Å². The van der Waals surface area contributed by atoms with E-state index >= 15 is 0 Å². The Balaban J connectivity index is 1.84. The van der Waals surface area contributed by atoms with Crippen LogP contribution in [0.1, 0.15) is 37.8 Å². The minimum absolute atomic E-state index is 0.0231. The number of hydrogen-bond acceptors (Lipinski definition) is 4. The zero-order valence-corrected chi connectivity index (χ0v) is 17.3. The highest BCUT2D eigenvalue weighted by molar-refractivity contribution is 7.10. The van der Waals surface area contributed by atoms with E-state index in [-0.39, 0.29) is 11.3 Å². The summed E-state index contributed by atoms with van der Waals surface area (Å²) in [5.74, 6) is 1.23. The minimum Gasteiger partial charge on any atom is -0.357 e. The molecule has 0 saturated heterocycles. The molecule has 0 atom stereocenters. The Labute approximate surface area is 165 Å². The van der Waals surface area contributed by atoms with Crippen LogP contribution in [0.25, 0.3) is 0 Å². The van der Waals surface area contributed by atoms with E-state index in [9.17, 15) is 4.79 Å². The summed E-state index contributed by atoms with van der Waals surface area (Å²) in [6.07, 6.45) is 0.342. The van der Waals surface area contributed by atoms with Crippen molar-refractivity contribution in [1.29, 1.82) is 0 Å². The van der Waals surface area contributed by atoms with Crippen molar-refractivity contribution in [3.05, 3.63) is 46.3 Å². The number of carbonyl (C=O) groups excluding carboxylic acids is 1. The van der Waals surface area contributed by atoms with Crippen LogP contribution in [-0.4, -0.2) is 36.5 Å². The molecular formula is C20H29N5OS. The number of aryl methyl sites for hydroxylation is 1. The lowest BCUT2D eigenvalue weighted by Gasteiger charge is -2.21. The summed E-state index contributed by atoms with van der Waals surface area (Å²) < 4.78 is 0. The van der Waals surface area contributed by atoms with Crippen molar-refractivity contribution < 1.29 is 4.79 Å². The van der Waals surface area contributed by atoms with Gasteiger partial charge >= 0.3 is 0 Å². The van der Waals surface area contributed by atoms with Crippen molar-refractivity contribution in [3.8, 4) is 0 Å². The lowest BCUT2D eigenvalue weighted by Crippen LogP contribution is -2.39. The third-order valence-electron chi connectivity index (χ3n) is 3.97. The molecule has 0 radical (unpaired) electrons. The number of pyridine rings is 1. The lowest BCUT2D eigenvalue weighted by atomic mass is 9.92. The normalized spacial score (nSPS) is 11.9. The van der Waals surface area contributed by atoms with Gasteiger partial charge in [0.15, 0.2) is 5.96 Å². The molecule has 1 amide bonds. The molecule has 146 valence electrons. The fourth-order valence-electron chi connectivity index (χ4n) is 2.47. The summed E-state index contributed by atoms with van der Waals surface area (Å²) in [4.78, 5) is 22.4. The molecule has 2 aromatic heterocycles. The maximum Gasteiger partial charge on any atom is 0.227 e. The Hall–Kier alpha value is -2.41. The number of aliphatic imine (C=N–C) groups is 1. The number of hydrogen-bond donors (Lipinski definition) is 3. The van der Waals surface area contributed by atoms with E-state index < -0.39 is 0 Å². The van der Waals surface area contributed by atoms with Gasteiger partial charge in [0.05, 0.1) is 6.54 Å². The molecule has 0 bridgehead atoms. The van der Waals surface area contributed by atoms with Crippen LogP contribution < -0.4 is 16.0 Å². The molecule has 2 rings (SSSR count). The van der Waals surface area contributed by atoms with Crippen molar-refractivity contribution in [2.24, 2.45) is 4.99 Å². The van der Waals surface area contributed by atoms with Crippen LogP contribution in [0.15, 0.2) is 40.7 Å². The van der Waals surface area contributed by atoms with E-state index in [1.807, 2.05) is 26.0 Å². The van der Waals surface area contributed by atoms with Crippen LogP contribution in [-0.2, 0) is 10.2 Å². The monoisotopic (exact) mass is 387 g/mol. The molecule has 0 saturated carbocycles. The fraction of sp³-hybridized carbons (Fsp3) is 0.450. The highest BCUT2D eigenvalue weighted by atomic mass is 32.1. The second-order valence-electron chi connectivity index (χ2n) is 6.95. The molecule has 0 spiro atoms. The van der Waals surface area contributed by atoms with Crippen molar-refractivity contribution >= 4 is 29.0 Å². The van der Waals surface area contributed by atoms with Gasteiger partial charge in [0.1, 0.15) is 5.82 Å². The average Bonchev–Trinajstić information content (AvgIpc) is 3.15. The quantitative estimate of drug-likeness (QED) is 0.480. The Morgan fingerprint density at radius 1 is 1.22 bits per heavy atom. The summed E-state index contributed by atoms with van der Waals surface area (Å²) in [7, 11) is 0. The highest BCUT2D eigenvalue weighted by Gasteiger charge is 2.21. The number of aromatic nitrogens is 1. The van der Waals surface area contributed by atoms with Gasteiger partial charge in [-0.25, -0.2) is 4.98 Å². The standard InChI is InChI=1S/C20H29N5OS/c1-5-21-19(23-14-20(3,4)16-9-7-13-27-16)22-12-11-18(26)25-17-10-6-8-15(2)24-17/h6-10,13H,5,11-12,14H2,1-4H3,(H2,21,22,23)(H,24,25,26). The second-order valence-corrected chi connectivity index (χ2v) is 7.89. The SMILES string of the molecule is CCNC(=NCC(C)(C)c1cccs1)NCCC(=O)Nc1cccc(C)n1. The first-order valence-electron chi connectivity index (χ1n) is 9.20. The number of anilines is 1. The van der Waals surface area contributed by atoms with Crippen molar-refractivity contribution in [1.82, 2.24) is 15.6 Å². The summed E-state index contributed by atoms with van der Waals surface area (Å²) in [5.41, 5.74) is 0.853. The van der Waals surface area contributed by atoms with E-state index in [0.717, 1.165) is 18.2 Å². The molecule has 0 fully saturated rings. The summed E-state index contributed by atoms with van der Waals surface area (Å²) in [6.45, 7) is 10.2. The molecule has 3 N–H and O–H groups in total. The molecule has 0 aliphatic carbocycles. The number of rotatable bonds is 8. The van der Waals surface area contributed by atoms with Gasteiger partial charge in [-0.05, 0) is 37.4 Å². The number of amides is 1. The van der Waals surface area contributed by atoms with Gasteiger partial charge in [-0.15, -0.1) is 11.3 Å². The molecule has 2 heterocycles. The summed E-state index contributed by atoms with van der Waals surface area (Å²) in [6, 6.07) is 9.77. The van der Waals surface area contributed by atoms with Crippen molar-refractivity contribution in [3.63, 3.8) is 0 Å². The molecule has 0 aromatic carbocycles. The molecule has 7 heteroatoms. The summed E-state index contributed by atoms with van der Waals surface area (Å²) >= 11 is 1.75. The van der Waals surface area contributed by atoms with Gasteiger partial charge in [-0.1, -0.05) is 26.0 Å². The third-order valence-corrected chi connectivity index (χ3v) is 5.20.